The van der Waals surface area contributed by atoms with Crippen LogP contribution in [0.15, 0.2) is 36.4 Å². The Morgan fingerprint density at radius 2 is 1.95 bits per heavy atom. The maximum absolute atomic E-state index is 13.8. The molecule has 0 aliphatic heterocycles. The summed E-state index contributed by atoms with van der Waals surface area (Å²) in [5, 5.41) is 0. The topological polar surface area (TPSA) is 37.9 Å². The second-order valence-electron chi connectivity index (χ2n) is 4.90. The number of methoxy groups -OCH3 is 1. The monoisotopic (exact) mass is 288 g/mol. The largest absolute Gasteiger partial charge is 0.494 e. The molecule has 1 unspecified atom stereocenters. The summed E-state index contributed by atoms with van der Waals surface area (Å²) in [7, 11) is 1.43. The van der Waals surface area contributed by atoms with Gasteiger partial charge in [0.15, 0.2) is 11.6 Å². The van der Waals surface area contributed by atoms with Gasteiger partial charge in [-0.15, -0.1) is 0 Å². The molecule has 3 nitrogen and oxygen atoms in total. The molecule has 0 amide bonds. The summed E-state index contributed by atoms with van der Waals surface area (Å²) < 4.78 is 31.9. The predicted octanol–water partition coefficient (Wildman–Crippen LogP) is 4.00. The lowest BCUT2D eigenvalue weighted by molar-refractivity contribution is 0.386. The smallest absolute Gasteiger partial charge is 0.165 e. The minimum Gasteiger partial charge on any atom is -0.494 e. The van der Waals surface area contributed by atoms with Gasteiger partial charge in [0, 0.05) is 12.0 Å². The number of hydrogen-bond donors (Lipinski definition) is 1. The third kappa shape index (κ3) is 2.46. The molecule has 3 aromatic rings. The lowest BCUT2D eigenvalue weighted by Gasteiger charge is -2.10. The number of H-pyrrole nitrogens is 1. The fraction of sp³-hybridized carbons (Fsp3) is 0.188. The van der Waals surface area contributed by atoms with E-state index < -0.39 is 5.82 Å². The van der Waals surface area contributed by atoms with E-state index >= 15 is 0 Å². The van der Waals surface area contributed by atoms with E-state index in [1.165, 1.54) is 25.3 Å². The van der Waals surface area contributed by atoms with Crippen LogP contribution in [0, 0.1) is 11.6 Å². The zero-order chi connectivity index (χ0) is 15.0. The van der Waals surface area contributed by atoms with Crippen LogP contribution >= 0.6 is 0 Å². The standard InChI is InChI=1S/C16H14F2N2O/c1-9(10-3-6-15(21-2)12(18)7-10)16-19-13-5-4-11(17)8-14(13)20-16/h3-9H,1-2H3,(H,19,20). The van der Waals surface area contributed by atoms with Crippen LogP contribution in [0.25, 0.3) is 11.0 Å². The van der Waals surface area contributed by atoms with Crippen molar-refractivity contribution in [2.45, 2.75) is 12.8 Å². The third-order valence-electron chi connectivity index (χ3n) is 3.55. The number of ether oxygens (including phenoxy) is 1. The first-order chi connectivity index (χ1) is 10.1. The Morgan fingerprint density at radius 1 is 1.14 bits per heavy atom. The molecule has 1 aromatic heterocycles. The molecule has 0 spiro atoms. The molecule has 3 rings (SSSR count). The van der Waals surface area contributed by atoms with Crippen molar-refractivity contribution < 1.29 is 13.5 Å². The van der Waals surface area contributed by atoms with E-state index in [-0.39, 0.29) is 17.5 Å². The van der Waals surface area contributed by atoms with Crippen LogP contribution in [0.3, 0.4) is 0 Å². The zero-order valence-electron chi connectivity index (χ0n) is 11.7. The average molecular weight is 288 g/mol. The van der Waals surface area contributed by atoms with Crippen molar-refractivity contribution in [3.05, 3.63) is 59.4 Å². The summed E-state index contributed by atoms with van der Waals surface area (Å²) in [5.74, 6) is -0.00800. The Hall–Kier alpha value is -2.43. The van der Waals surface area contributed by atoms with Crippen molar-refractivity contribution in [3.8, 4) is 5.75 Å². The zero-order valence-corrected chi connectivity index (χ0v) is 11.7. The Bertz CT molecular complexity index is 798. The minimum atomic E-state index is -0.413. The number of fused-ring (bicyclic) bond motifs is 1. The van der Waals surface area contributed by atoms with E-state index in [4.69, 9.17) is 4.74 Å². The van der Waals surface area contributed by atoms with Crippen molar-refractivity contribution in [1.82, 2.24) is 9.97 Å². The van der Waals surface area contributed by atoms with Gasteiger partial charge in [0.05, 0.1) is 18.1 Å². The Morgan fingerprint density at radius 3 is 2.67 bits per heavy atom. The molecule has 0 radical (unpaired) electrons. The number of aromatic nitrogens is 2. The third-order valence-corrected chi connectivity index (χ3v) is 3.55. The number of benzene rings is 2. The van der Waals surface area contributed by atoms with Crippen LogP contribution in [-0.4, -0.2) is 17.1 Å². The highest BCUT2D eigenvalue weighted by atomic mass is 19.1. The molecule has 1 heterocycles. The van der Waals surface area contributed by atoms with Crippen LogP contribution < -0.4 is 4.74 Å². The summed E-state index contributed by atoms with van der Waals surface area (Å²) in [6, 6.07) is 9.20. The molecule has 5 heteroatoms. The summed E-state index contributed by atoms with van der Waals surface area (Å²) in [6.45, 7) is 1.91. The first-order valence-electron chi connectivity index (χ1n) is 6.57. The quantitative estimate of drug-likeness (QED) is 0.791. The van der Waals surface area contributed by atoms with E-state index in [9.17, 15) is 8.78 Å². The van der Waals surface area contributed by atoms with Crippen LogP contribution in [0.1, 0.15) is 24.2 Å². The van der Waals surface area contributed by atoms with E-state index in [1.807, 2.05) is 6.92 Å². The van der Waals surface area contributed by atoms with Gasteiger partial charge < -0.3 is 9.72 Å². The van der Waals surface area contributed by atoms with Gasteiger partial charge in [-0.1, -0.05) is 13.0 Å². The molecule has 1 atom stereocenters. The molecule has 21 heavy (non-hydrogen) atoms. The molecule has 2 aromatic carbocycles. The van der Waals surface area contributed by atoms with Crippen LogP contribution in [0.2, 0.25) is 0 Å². The Kier molecular flexibility index (Phi) is 3.33. The number of halogens is 2. The van der Waals surface area contributed by atoms with E-state index in [2.05, 4.69) is 9.97 Å². The molecule has 0 saturated carbocycles. The lowest BCUT2D eigenvalue weighted by Crippen LogP contribution is -2.00. The molecule has 0 bridgehead atoms. The molecule has 108 valence electrons. The molecule has 1 N–H and O–H groups in total. The summed E-state index contributed by atoms with van der Waals surface area (Å²) in [4.78, 5) is 7.51. The van der Waals surface area contributed by atoms with Crippen LogP contribution in [-0.2, 0) is 0 Å². The Labute approximate surface area is 120 Å². The fourth-order valence-corrected chi connectivity index (χ4v) is 2.31. The minimum absolute atomic E-state index is 0.138. The van der Waals surface area contributed by atoms with Gasteiger partial charge in [-0.2, -0.15) is 0 Å². The highest BCUT2D eigenvalue weighted by Crippen LogP contribution is 2.27. The summed E-state index contributed by atoms with van der Waals surface area (Å²) in [5.41, 5.74) is 2.09. The van der Waals surface area contributed by atoms with Gasteiger partial charge >= 0.3 is 0 Å². The van der Waals surface area contributed by atoms with Crippen molar-refractivity contribution in [1.29, 1.82) is 0 Å². The van der Waals surface area contributed by atoms with Gasteiger partial charge in [0.1, 0.15) is 11.6 Å². The van der Waals surface area contributed by atoms with Gasteiger partial charge in [-0.25, -0.2) is 13.8 Å². The van der Waals surface area contributed by atoms with Gasteiger partial charge in [-0.3, -0.25) is 0 Å². The normalized spacial score (nSPS) is 12.6. The second kappa shape index (κ2) is 5.16. The van der Waals surface area contributed by atoms with E-state index in [1.54, 1.807) is 18.2 Å². The number of aromatic amines is 1. The van der Waals surface area contributed by atoms with Crippen molar-refractivity contribution in [2.24, 2.45) is 0 Å². The molecule has 0 aliphatic carbocycles. The first kappa shape index (κ1) is 13.5. The van der Waals surface area contributed by atoms with Crippen LogP contribution in [0.5, 0.6) is 5.75 Å². The molecule has 0 saturated heterocycles. The van der Waals surface area contributed by atoms with Crippen molar-refractivity contribution in [3.63, 3.8) is 0 Å². The van der Waals surface area contributed by atoms with E-state index in [0.717, 1.165) is 11.1 Å². The molecular weight excluding hydrogens is 274 g/mol. The molecular formula is C16H14F2N2O. The maximum Gasteiger partial charge on any atom is 0.165 e. The lowest BCUT2D eigenvalue weighted by atomic mass is 10.0. The van der Waals surface area contributed by atoms with E-state index in [0.29, 0.717) is 11.3 Å². The summed E-state index contributed by atoms with van der Waals surface area (Å²) in [6.07, 6.45) is 0. The highest BCUT2D eigenvalue weighted by Gasteiger charge is 2.15. The molecule has 0 fully saturated rings. The van der Waals surface area contributed by atoms with Gasteiger partial charge in [0.2, 0.25) is 0 Å². The number of imidazole rings is 1. The van der Waals surface area contributed by atoms with Crippen molar-refractivity contribution >= 4 is 11.0 Å². The molecule has 0 aliphatic rings. The van der Waals surface area contributed by atoms with Gasteiger partial charge in [0.25, 0.3) is 0 Å². The number of rotatable bonds is 3. The van der Waals surface area contributed by atoms with Gasteiger partial charge in [-0.05, 0) is 29.8 Å². The highest BCUT2D eigenvalue weighted by molar-refractivity contribution is 5.75. The maximum atomic E-state index is 13.8. The average Bonchev–Trinajstić information content (AvgIpc) is 2.89. The fourth-order valence-electron chi connectivity index (χ4n) is 2.31. The Balaban J connectivity index is 1.99. The van der Waals surface area contributed by atoms with Crippen LogP contribution in [0.4, 0.5) is 8.78 Å². The number of nitrogens with one attached hydrogen (secondary N) is 1. The number of nitrogens with zero attached hydrogens (tertiary/aromatic N) is 1. The first-order valence-corrected chi connectivity index (χ1v) is 6.57. The van der Waals surface area contributed by atoms with Crippen molar-refractivity contribution in [2.75, 3.05) is 7.11 Å². The number of hydrogen-bond acceptors (Lipinski definition) is 2. The summed E-state index contributed by atoms with van der Waals surface area (Å²) >= 11 is 0. The predicted molar refractivity (Wildman–Crippen MR) is 76.5 cm³/mol. The second-order valence-corrected chi connectivity index (χ2v) is 4.90. The SMILES string of the molecule is COc1ccc(C(C)c2nc3cc(F)ccc3[nH]2)cc1F.